The van der Waals surface area contributed by atoms with Gasteiger partial charge in [-0.25, -0.2) is 0 Å². The molecule has 1 fully saturated rings. The molecule has 1 amide bonds. The fourth-order valence-electron chi connectivity index (χ4n) is 2.29. The van der Waals surface area contributed by atoms with E-state index in [1.165, 1.54) is 5.56 Å². The molecule has 0 atom stereocenters. The molecule has 21 heavy (non-hydrogen) atoms. The number of Topliss-reactive ketones (excluding diaryl/α,β-unsaturated/α-hetero) is 1. The number of hydrogen-bond acceptors (Lipinski definition) is 3. The highest BCUT2D eigenvalue weighted by Gasteiger charge is 2.21. The molecule has 2 rings (SSSR count). The van der Waals surface area contributed by atoms with Crippen molar-refractivity contribution in [3.05, 3.63) is 29.8 Å². The Morgan fingerprint density at radius 2 is 1.71 bits per heavy atom. The molecule has 0 aliphatic carbocycles. The summed E-state index contributed by atoms with van der Waals surface area (Å²) in [6.45, 7) is 7.54. The van der Waals surface area contributed by atoms with Crippen LogP contribution < -0.4 is 4.74 Å². The van der Waals surface area contributed by atoms with Gasteiger partial charge in [0.25, 0.3) is 5.91 Å². The number of likely N-dealkylation sites (tertiary alicyclic amines) is 1. The van der Waals surface area contributed by atoms with Crippen LogP contribution in [0.5, 0.6) is 5.75 Å². The first-order valence-corrected chi connectivity index (χ1v) is 7.39. The molecular formula is C17H23NO3. The van der Waals surface area contributed by atoms with E-state index in [0.717, 1.165) is 0 Å². The number of nitrogens with zero attached hydrogens (tertiary/aromatic N) is 1. The van der Waals surface area contributed by atoms with E-state index in [1.54, 1.807) is 4.90 Å². The van der Waals surface area contributed by atoms with Crippen molar-refractivity contribution in [1.29, 1.82) is 0 Å². The van der Waals surface area contributed by atoms with Gasteiger partial charge >= 0.3 is 0 Å². The maximum absolute atomic E-state index is 12.0. The van der Waals surface area contributed by atoms with Crippen LogP contribution in [0.4, 0.5) is 0 Å². The summed E-state index contributed by atoms with van der Waals surface area (Å²) in [6.07, 6.45) is 0.929. The Morgan fingerprint density at radius 3 is 2.24 bits per heavy atom. The van der Waals surface area contributed by atoms with Gasteiger partial charge < -0.3 is 9.64 Å². The van der Waals surface area contributed by atoms with Crippen LogP contribution in [-0.4, -0.2) is 36.3 Å². The average Bonchev–Trinajstić information content (AvgIpc) is 2.45. The smallest absolute Gasteiger partial charge is 0.260 e. The largest absolute Gasteiger partial charge is 0.484 e. The maximum Gasteiger partial charge on any atom is 0.260 e. The highest BCUT2D eigenvalue weighted by Crippen LogP contribution is 2.24. The van der Waals surface area contributed by atoms with Crippen molar-refractivity contribution < 1.29 is 14.3 Å². The van der Waals surface area contributed by atoms with Crippen molar-refractivity contribution in [2.24, 2.45) is 0 Å². The Bertz CT molecular complexity index is 504. The molecule has 1 aliphatic rings. The molecule has 1 heterocycles. The van der Waals surface area contributed by atoms with Gasteiger partial charge in [0.05, 0.1) is 0 Å². The van der Waals surface area contributed by atoms with E-state index in [1.807, 2.05) is 24.3 Å². The fraction of sp³-hybridized carbons (Fsp3) is 0.529. The summed E-state index contributed by atoms with van der Waals surface area (Å²) in [7, 11) is 0. The van der Waals surface area contributed by atoms with E-state index in [2.05, 4.69) is 20.8 Å². The van der Waals surface area contributed by atoms with Crippen molar-refractivity contribution in [2.45, 2.75) is 39.0 Å². The SMILES string of the molecule is CC(C)(C)c1ccc(OCC(=O)N2CCC(=O)CC2)cc1. The van der Waals surface area contributed by atoms with Crippen LogP contribution >= 0.6 is 0 Å². The van der Waals surface area contributed by atoms with Gasteiger partial charge in [0.1, 0.15) is 11.5 Å². The first-order valence-electron chi connectivity index (χ1n) is 7.39. The van der Waals surface area contributed by atoms with E-state index in [9.17, 15) is 9.59 Å². The second kappa shape index (κ2) is 6.29. The van der Waals surface area contributed by atoms with Crippen LogP contribution in [-0.2, 0) is 15.0 Å². The van der Waals surface area contributed by atoms with E-state index in [-0.39, 0.29) is 23.7 Å². The molecule has 1 aromatic carbocycles. The van der Waals surface area contributed by atoms with Crippen LogP contribution in [0, 0.1) is 0 Å². The summed E-state index contributed by atoms with van der Waals surface area (Å²) in [4.78, 5) is 24.8. The fourth-order valence-corrected chi connectivity index (χ4v) is 2.29. The third kappa shape index (κ3) is 4.31. The van der Waals surface area contributed by atoms with Crippen molar-refractivity contribution >= 4 is 11.7 Å². The second-order valence-corrected chi connectivity index (χ2v) is 6.48. The van der Waals surface area contributed by atoms with Crippen molar-refractivity contribution in [1.82, 2.24) is 4.90 Å². The summed E-state index contributed by atoms with van der Waals surface area (Å²) >= 11 is 0. The molecule has 0 spiro atoms. The first kappa shape index (κ1) is 15.5. The quantitative estimate of drug-likeness (QED) is 0.859. The van der Waals surface area contributed by atoms with Gasteiger partial charge in [0.2, 0.25) is 0 Å². The number of amides is 1. The Labute approximate surface area is 126 Å². The second-order valence-electron chi connectivity index (χ2n) is 6.48. The zero-order chi connectivity index (χ0) is 15.5. The lowest BCUT2D eigenvalue weighted by Crippen LogP contribution is -2.41. The van der Waals surface area contributed by atoms with Gasteiger partial charge in [-0.15, -0.1) is 0 Å². The molecule has 114 valence electrons. The third-order valence-electron chi connectivity index (χ3n) is 3.76. The minimum absolute atomic E-state index is 0.0308. The van der Waals surface area contributed by atoms with Gasteiger partial charge in [-0.05, 0) is 23.1 Å². The summed E-state index contributed by atoms with van der Waals surface area (Å²) in [6, 6.07) is 7.85. The normalized spacial score (nSPS) is 16.0. The minimum atomic E-state index is -0.0533. The van der Waals surface area contributed by atoms with E-state index < -0.39 is 0 Å². The molecule has 1 saturated heterocycles. The summed E-state index contributed by atoms with van der Waals surface area (Å²) in [5.41, 5.74) is 1.34. The molecule has 0 unspecified atom stereocenters. The molecule has 0 radical (unpaired) electrons. The van der Waals surface area contributed by atoms with Crippen LogP contribution in [0.1, 0.15) is 39.2 Å². The van der Waals surface area contributed by atoms with Crippen molar-refractivity contribution in [2.75, 3.05) is 19.7 Å². The minimum Gasteiger partial charge on any atom is -0.484 e. The molecule has 0 N–H and O–H groups in total. The number of hydrogen-bond donors (Lipinski definition) is 0. The monoisotopic (exact) mass is 289 g/mol. The molecule has 0 bridgehead atoms. The van der Waals surface area contributed by atoms with E-state index in [4.69, 9.17) is 4.74 Å². The van der Waals surface area contributed by atoms with E-state index >= 15 is 0 Å². The summed E-state index contributed by atoms with van der Waals surface area (Å²) in [5.74, 6) is 0.879. The highest BCUT2D eigenvalue weighted by atomic mass is 16.5. The van der Waals surface area contributed by atoms with Gasteiger partial charge in [-0.3, -0.25) is 9.59 Å². The predicted octanol–water partition coefficient (Wildman–Crippen LogP) is 2.55. The zero-order valence-corrected chi connectivity index (χ0v) is 13.0. The molecule has 1 aromatic rings. The Hall–Kier alpha value is -1.84. The molecule has 0 aromatic heterocycles. The lowest BCUT2D eigenvalue weighted by atomic mass is 9.87. The van der Waals surface area contributed by atoms with Crippen molar-refractivity contribution in [3.63, 3.8) is 0 Å². The first-order chi connectivity index (χ1) is 9.86. The number of carbonyl (C=O) groups is 2. The Kier molecular flexibility index (Phi) is 4.66. The Balaban J connectivity index is 1.85. The Morgan fingerprint density at radius 1 is 1.14 bits per heavy atom. The topological polar surface area (TPSA) is 46.6 Å². The number of carbonyl (C=O) groups excluding carboxylic acids is 2. The zero-order valence-electron chi connectivity index (χ0n) is 13.0. The number of rotatable bonds is 3. The molecular weight excluding hydrogens is 266 g/mol. The predicted molar refractivity (Wildman–Crippen MR) is 81.5 cm³/mol. The maximum atomic E-state index is 12.0. The van der Waals surface area contributed by atoms with Gasteiger partial charge in [-0.1, -0.05) is 32.9 Å². The van der Waals surface area contributed by atoms with Gasteiger partial charge in [0.15, 0.2) is 6.61 Å². The number of ketones is 1. The van der Waals surface area contributed by atoms with Crippen LogP contribution in [0.15, 0.2) is 24.3 Å². The van der Waals surface area contributed by atoms with Gasteiger partial charge in [0, 0.05) is 25.9 Å². The van der Waals surface area contributed by atoms with Crippen LogP contribution in [0.3, 0.4) is 0 Å². The van der Waals surface area contributed by atoms with Crippen molar-refractivity contribution in [3.8, 4) is 5.75 Å². The summed E-state index contributed by atoms with van der Waals surface area (Å²) in [5, 5.41) is 0. The number of ether oxygens (including phenoxy) is 1. The average molecular weight is 289 g/mol. The molecule has 1 aliphatic heterocycles. The molecule has 4 nitrogen and oxygen atoms in total. The molecule has 4 heteroatoms. The standard InChI is InChI=1S/C17H23NO3/c1-17(2,3)13-4-6-15(7-5-13)21-12-16(20)18-10-8-14(19)9-11-18/h4-7H,8-12H2,1-3H3. The molecule has 0 saturated carbocycles. The van der Waals surface area contributed by atoms with Crippen LogP contribution in [0.25, 0.3) is 0 Å². The summed E-state index contributed by atoms with van der Waals surface area (Å²) < 4.78 is 5.54. The highest BCUT2D eigenvalue weighted by molar-refractivity contribution is 5.83. The van der Waals surface area contributed by atoms with Gasteiger partial charge in [-0.2, -0.15) is 0 Å². The lowest BCUT2D eigenvalue weighted by Gasteiger charge is -2.26. The third-order valence-corrected chi connectivity index (χ3v) is 3.76. The lowest BCUT2D eigenvalue weighted by molar-refractivity contribution is -0.136. The van der Waals surface area contributed by atoms with Crippen LogP contribution in [0.2, 0.25) is 0 Å². The number of benzene rings is 1. The number of piperidine rings is 1. The van der Waals surface area contributed by atoms with E-state index in [0.29, 0.717) is 31.7 Å².